The SMILES string of the molecule is CC1(C)OC2CO[C@H](CO)[C@H]2O1. The van der Waals surface area contributed by atoms with E-state index in [-0.39, 0.29) is 24.9 Å². The second-order valence-corrected chi connectivity index (χ2v) is 3.69. The maximum Gasteiger partial charge on any atom is 0.164 e. The van der Waals surface area contributed by atoms with E-state index in [0.717, 1.165) is 0 Å². The standard InChI is InChI=1S/C8H14O4/c1-8(2)11-6-4-10-5(3-9)7(6)12-8/h5-7,9H,3-4H2,1-2H3/t5-,6?,7-/m1/s1. The lowest BCUT2D eigenvalue weighted by atomic mass is 10.2. The second kappa shape index (κ2) is 2.67. The number of hydrogen-bond acceptors (Lipinski definition) is 4. The minimum Gasteiger partial charge on any atom is -0.394 e. The van der Waals surface area contributed by atoms with Gasteiger partial charge in [-0.3, -0.25) is 0 Å². The summed E-state index contributed by atoms with van der Waals surface area (Å²) in [6, 6.07) is 0. The molecular weight excluding hydrogens is 160 g/mol. The smallest absolute Gasteiger partial charge is 0.164 e. The predicted octanol–water partition coefficient (Wildman–Crippen LogP) is -0.102. The lowest BCUT2D eigenvalue weighted by molar-refractivity contribution is -0.177. The Morgan fingerprint density at radius 1 is 1.42 bits per heavy atom. The van der Waals surface area contributed by atoms with Gasteiger partial charge in [0, 0.05) is 0 Å². The molecule has 0 spiro atoms. The summed E-state index contributed by atoms with van der Waals surface area (Å²) in [7, 11) is 0. The molecule has 70 valence electrons. The molecule has 2 aliphatic rings. The molecule has 12 heavy (non-hydrogen) atoms. The summed E-state index contributed by atoms with van der Waals surface area (Å²) in [5, 5.41) is 8.92. The predicted molar refractivity (Wildman–Crippen MR) is 40.7 cm³/mol. The minimum atomic E-state index is -0.521. The zero-order chi connectivity index (χ0) is 8.77. The Hall–Kier alpha value is -0.160. The first-order valence-corrected chi connectivity index (χ1v) is 4.20. The topological polar surface area (TPSA) is 47.9 Å². The summed E-state index contributed by atoms with van der Waals surface area (Å²) in [5.41, 5.74) is 0. The molecule has 3 atom stereocenters. The van der Waals surface area contributed by atoms with Crippen molar-refractivity contribution in [3.63, 3.8) is 0 Å². The van der Waals surface area contributed by atoms with Crippen LogP contribution in [0.15, 0.2) is 0 Å². The average molecular weight is 174 g/mol. The van der Waals surface area contributed by atoms with Gasteiger partial charge in [0.2, 0.25) is 0 Å². The number of hydrogen-bond donors (Lipinski definition) is 1. The number of rotatable bonds is 1. The summed E-state index contributed by atoms with van der Waals surface area (Å²) in [6.07, 6.45) is -0.307. The molecule has 4 nitrogen and oxygen atoms in total. The summed E-state index contributed by atoms with van der Waals surface area (Å²) < 4.78 is 16.4. The van der Waals surface area contributed by atoms with Crippen molar-refractivity contribution < 1.29 is 19.3 Å². The largest absolute Gasteiger partial charge is 0.394 e. The first-order chi connectivity index (χ1) is 5.62. The Balaban J connectivity index is 2.06. The van der Waals surface area contributed by atoms with Crippen LogP contribution in [0.2, 0.25) is 0 Å². The van der Waals surface area contributed by atoms with Crippen molar-refractivity contribution in [2.75, 3.05) is 13.2 Å². The fraction of sp³-hybridized carbons (Fsp3) is 1.00. The molecule has 0 bridgehead atoms. The van der Waals surface area contributed by atoms with E-state index in [1.165, 1.54) is 0 Å². The number of aliphatic hydroxyl groups excluding tert-OH is 1. The van der Waals surface area contributed by atoms with Crippen LogP contribution in [0.4, 0.5) is 0 Å². The van der Waals surface area contributed by atoms with Crippen LogP contribution in [0.25, 0.3) is 0 Å². The Morgan fingerprint density at radius 2 is 2.17 bits per heavy atom. The summed E-state index contributed by atoms with van der Waals surface area (Å²) >= 11 is 0. The molecule has 1 N–H and O–H groups in total. The van der Waals surface area contributed by atoms with Crippen LogP contribution in [0, 0.1) is 0 Å². The zero-order valence-electron chi connectivity index (χ0n) is 7.32. The number of fused-ring (bicyclic) bond motifs is 1. The van der Waals surface area contributed by atoms with Crippen molar-refractivity contribution in [1.29, 1.82) is 0 Å². The van der Waals surface area contributed by atoms with Crippen LogP contribution in [-0.2, 0) is 14.2 Å². The maximum absolute atomic E-state index is 8.92. The van der Waals surface area contributed by atoms with Gasteiger partial charge in [-0.25, -0.2) is 0 Å². The van der Waals surface area contributed by atoms with Gasteiger partial charge in [-0.2, -0.15) is 0 Å². The van der Waals surface area contributed by atoms with E-state index in [4.69, 9.17) is 19.3 Å². The third kappa shape index (κ3) is 1.25. The second-order valence-electron chi connectivity index (χ2n) is 3.69. The van der Waals surface area contributed by atoms with Gasteiger partial charge >= 0.3 is 0 Å². The quantitative estimate of drug-likeness (QED) is 0.603. The third-order valence-electron chi connectivity index (χ3n) is 2.24. The molecule has 2 saturated heterocycles. The lowest BCUT2D eigenvalue weighted by Crippen LogP contribution is -2.31. The Kier molecular flexibility index (Phi) is 1.88. The van der Waals surface area contributed by atoms with Crippen molar-refractivity contribution >= 4 is 0 Å². The third-order valence-corrected chi connectivity index (χ3v) is 2.24. The molecule has 0 aliphatic carbocycles. The van der Waals surface area contributed by atoms with Crippen molar-refractivity contribution in [2.45, 2.75) is 37.9 Å². The van der Waals surface area contributed by atoms with E-state index in [9.17, 15) is 0 Å². The van der Waals surface area contributed by atoms with Gasteiger partial charge in [0.1, 0.15) is 18.3 Å². The first-order valence-electron chi connectivity index (χ1n) is 4.20. The molecular formula is C8H14O4. The van der Waals surface area contributed by atoms with E-state index >= 15 is 0 Å². The van der Waals surface area contributed by atoms with E-state index in [1.54, 1.807) is 0 Å². The van der Waals surface area contributed by atoms with Crippen LogP contribution in [0.5, 0.6) is 0 Å². The highest BCUT2D eigenvalue weighted by atomic mass is 16.8. The van der Waals surface area contributed by atoms with Crippen LogP contribution < -0.4 is 0 Å². The highest BCUT2D eigenvalue weighted by Gasteiger charge is 2.49. The fourth-order valence-corrected chi connectivity index (χ4v) is 1.78. The highest BCUT2D eigenvalue weighted by molar-refractivity contribution is 4.91. The molecule has 0 amide bonds. The van der Waals surface area contributed by atoms with E-state index in [1.807, 2.05) is 13.8 Å². The Bertz CT molecular complexity index is 180. The van der Waals surface area contributed by atoms with Gasteiger partial charge in [0.25, 0.3) is 0 Å². The van der Waals surface area contributed by atoms with Crippen molar-refractivity contribution in [3.8, 4) is 0 Å². The number of aliphatic hydroxyl groups is 1. The molecule has 4 heteroatoms. The summed E-state index contributed by atoms with van der Waals surface area (Å²) in [6.45, 7) is 4.28. The molecule has 2 rings (SSSR count). The lowest BCUT2D eigenvalue weighted by Gasteiger charge is -2.20. The normalized spacial score (nSPS) is 44.8. The Labute approximate surface area is 71.4 Å². The monoisotopic (exact) mass is 174 g/mol. The van der Waals surface area contributed by atoms with E-state index in [0.29, 0.717) is 6.61 Å². The van der Waals surface area contributed by atoms with Crippen molar-refractivity contribution in [3.05, 3.63) is 0 Å². The molecule has 0 radical (unpaired) electrons. The van der Waals surface area contributed by atoms with Gasteiger partial charge < -0.3 is 19.3 Å². The summed E-state index contributed by atoms with van der Waals surface area (Å²) in [4.78, 5) is 0. The van der Waals surface area contributed by atoms with Gasteiger partial charge in [-0.1, -0.05) is 0 Å². The van der Waals surface area contributed by atoms with Gasteiger partial charge in [0.15, 0.2) is 5.79 Å². The van der Waals surface area contributed by atoms with E-state index < -0.39 is 5.79 Å². The van der Waals surface area contributed by atoms with E-state index in [2.05, 4.69) is 0 Å². The van der Waals surface area contributed by atoms with Gasteiger partial charge in [-0.05, 0) is 13.8 Å². The molecule has 0 aromatic heterocycles. The molecule has 2 heterocycles. The zero-order valence-corrected chi connectivity index (χ0v) is 7.32. The Morgan fingerprint density at radius 3 is 2.83 bits per heavy atom. The molecule has 1 unspecified atom stereocenters. The molecule has 0 aromatic rings. The molecule has 2 fully saturated rings. The van der Waals surface area contributed by atoms with Crippen molar-refractivity contribution in [2.24, 2.45) is 0 Å². The molecule has 2 aliphatic heterocycles. The molecule has 0 aromatic carbocycles. The average Bonchev–Trinajstić information content (AvgIpc) is 2.42. The summed E-state index contributed by atoms with van der Waals surface area (Å²) in [5.74, 6) is -0.521. The number of ether oxygens (including phenoxy) is 3. The first kappa shape index (κ1) is 8.44. The van der Waals surface area contributed by atoms with Gasteiger partial charge in [-0.15, -0.1) is 0 Å². The van der Waals surface area contributed by atoms with Crippen LogP contribution in [-0.4, -0.2) is 42.4 Å². The minimum absolute atomic E-state index is 0.000602. The van der Waals surface area contributed by atoms with Crippen molar-refractivity contribution in [1.82, 2.24) is 0 Å². The maximum atomic E-state index is 8.92. The molecule has 0 saturated carbocycles. The van der Waals surface area contributed by atoms with Gasteiger partial charge in [0.05, 0.1) is 13.2 Å². The van der Waals surface area contributed by atoms with Crippen LogP contribution >= 0.6 is 0 Å². The fourth-order valence-electron chi connectivity index (χ4n) is 1.78. The van der Waals surface area contributed by atoms with Crippen LogP contribution in [0.1, 0.15) is 13.8 Å². The van der Waals surface area contributed by atoms with Crippen LogP contribution in [0.3, 0.4) is 0 Å². The highest BCUT2D eigenvalue weighted by Crippen LogP contribution is 2.34.